The standard InChI is InChI=1S/C25H38O4.C23H36O4.C23H38O4.C22H36O4.C18H30O4.5C2H6/c1-6-23(2,3)22(27)28-13-21(26)29-24(4,5)25-10-18-15-7-14-8-16(18)20(12-25)17(9-14)19(15)11-25;1-6-22(2,3)21(25)26-12-18(24)27-23(4,5)17-11-15-10-16(17)20-14-8-7-13(9-14)19(15)20;1-8-20(2,3)18(24)26-21(4,5)19(25)27-22(6,7)23-12-15-9-16(13-23)11-17(10-15)14-23;1-7-20(3,4)19(24)25-14(2)18(23)26-21(5,6)22-11-15-8-16(12-22)10-17(9-15)13-22;1-6-17(2,3)16(20)21-11-15(19)22-18(4,5)14-10-12-7-8-13(14)9-12;5*1-2/h14-20H,6-13H2,1-5H3;13-17,19-20H,6-12H2,1-5H3;15-17H,8-14H2,1-7H3;14-17H,7-13H2,1-6H3;12-14H,6-11H2,1-5H3;5*1-2H3. The molecule has 11 atom stereocenters. The highest BCUT2D eigenvalue weighted by Crippen LogP contribution is 2.77. The molecule has 0 aromatic carbocycles. The highest BCUT2D eigenvalue weighted by molar-refractivity contribution is 5.85. The number of carbonyl (C=O) groups excluding carboxylic acids is 10. The number of fused-ring (bicyclic) bond motifs is 11. The Kier molecular flexibility index (Phi) is 40.5. The molecule has 141 heavy (non-hydrogen) atoms. The lowest BCUT2D eigenvalue weighted by atomic mass is 9.31. The summed E-state index contributed by atoms with van der Waals surface area (Å²) in [6, 6.07) is 0. The average molecular weight is 1980 g/mol. The third kappa shape index (κ3) is 26.2. The van der Waals surface area contributed by atoms with Crippen LogP contribution in [0.25, 0.3) is 0 Å². The highest BCUT2D eigenvalue weighted by atomic mass is 16.6. The van der Waals surface area contributed by atoms with E-state index < -0.39 is 96.6 Å². The Balaban J connectivity index is 0.000000211. The third-order valence-corrected chi connectivity index (χ3v) is 40.6. The van der Waals surface area contributed by atoms with Crippen LogP contribution < -0.4 is 0 Å². The molecule has 21 aliphatic carbocycles. The second-order valence-corrected chi connectivity index (χ2v) is 52.9. The predicted molar refractivity (Wildman–Crippen MR) is 559 cm³/mol. The molecule has 0 saturated heterocycles. The van der Waals surface area contributed by atoms with Crippen LogP contribution in [0.1, 0.15) is 469 Å². The maximum absolute atomic E-state index is 13.0. The fourth-order valence-electron chi connectivity index (χ4n) is 31.4. The van der Waals surface area contributed by atoms with Crippen LogP contribution in [0, 0.1) is 179 Å². The van der Waals surface area contributed by atoms with Gasteiger partial charge in [0.05, 0.1) is 27.1 Å². The van der Waals surface area contributed by atoms with Crippen LogP contribution in [0.2, 0.25) is 0 Å². The van der Waals surface area contributed by atoms with E-state index in [1.54, 1.807) is 20.8 Å². The summed E-state index contributed by atoms with van der Waals surface area (Å²) in [7, 11) is 0. The van der Waals surface area contributed by atoms with Crippen LogP contribution >= 0.6 is 0 Å². The number of hydrogen-bond donors (Lipinski definition) is 0. The number of rotatable bonds is 30. The van der Waals surface area contributed by atoms with E-state index in [2.05, 4.69) is 55.4 Å². The predicted octanol–water partition coefficient (Wildman–Crippen LogP) is 28.6. The van der Waals surface area contributed by atoms with Gasteiger partial charge in [-0.15, -0.1) is 0 Å². The van der Waals surface area contributed by atoms with E-state index in [9.17, 15) is 47.9 Å². The molecule has 11 unspecified atom stereocenters. The van der Waals surface area contributed by atoms with Gasteiger partial charge in [-0.2, -0.15) is 0 Å². The molecule has 0 spiro atoms. The van der Waals surface area contributed by atoms with Gasteiger partial charge in [-0.3, -0.25) is 24.0 Å². The Hall–Kier alpha value is -5.30. The number of esters is 10. The van der Waals surface area contributed by atoms with Crippen molar-refractivity contribution in [2.75, 3.05) is 19.8 Å². The van der Waals surface area contributed by atoms with E-state index in [-0.39, 0.29) is 65.9 Å². The molecule has 21 fully saturated rings. The van der Waals surface area contributed by atoms with Gasteiger partial charge in [0.25, 0.3) is 0 Å². The minimum absolute atomic E-state index is 0.0835. The lowest BCUT2D eigenvalue weighted by Crippen LogP contribution is -2.69. The minimum atomic E-state index is -1.27. The molecular weight excluding hydrogens is 1770 g/mol. The van der Waals surface area contributed by atoms with E-state index in [1.165, 1.54) is 167 Å². The van der Waals surface area contributed by atoms with Crippen molar-refractivity contribution in [3.05, 3.63) is 0 Å². The Labute approximate surface area is 857 Å². The van der Waals surface area contributed by atoms with Crippen LogP contribution in [0.15, 0.2) is 0 Å². The Bertz CT molecular complexity index is 4050. The number of carbonyl (C=O) groups is 10. The van der Waals surface area contributed by atoms with E-state index in [1.807, 2.05) is 187 Å². The quantitative estimate of drug-likeness (QED) is 0.0367. The second kappa shape index (κ2) is 47.3. The van der Waals surface area contributed by atoms with Gasteiger partial charge in [-0.25, -0.2) is 24.0 Å². The smallest absolute Gasteiger partial charge is 0.350 e. The first-order valence-electron chi connectivity index (χ1n) is 57.7. The number of ether oxygens (including phenoxy) is 10. The molecular formula is C121H208O20. The Morgan fingerprint density at radius 1 is 0.262 bits per heavy atom. The van der Waals surface area contributed by atoms with Gasteiger partial charge in [0.15, 0.2) is 25.9 Å². The molecule has 20 nitrogen and oxygen atoms in total. The minimum Gasteiger partial charge on any atom is -0.457 e. The van der Waals surface area contributed by atoms with Gasteiger partial charge in [0, 0.05) is 28.1 Å². The molecule has 21 saturated carbocycles. The van der Waals surface area contributed by atoms with Crippen LogP contribution in [-0.4, -0.2) is 119 Å². The van der Waals surface area contributed by atoms with Gasteiger partial charge in [-0.05, 0) is 483 Å². The van der Waals surface area contributed by atoms with Crippen molar-refractivity contribution in [1.29, 1.82) is 0 Å². The van der Waals surface area contributed by atoms with Crippen molar-refractivity contribution >= 4 is 59.7 Å². The maximum Gasteiger partial charge on any atom is 0.350 e. The number of hydrogen-bond acceptors (Lipinski definition) is 20. The lowest BCUT2D eigenvalue weighted by molar-refractivity contribution is -0.273. The molecule has 0 radical (unpaired) electrons. The molecule has 20 heteroatoms. The van der Waals surface area contributed by atoms with E-state index in [0.717, 1.165) is 125 Å². The molecule has 22 bridgehead atoms. The van der Waals surface area contributed by atoms with Crippen LogP contribution in [0.4, 0.5) is 0 Å². The van der Waals surface area contributed by atoms with Gasteiger partial charge in [0.1, 0.15) is 28.0 Å². The lowest BCUT2D eigenvalue weighted by Gasteiger charge is -2.74. The van der Waals surface area contributed by atoms with Crippen molar-refractivity contribution in [3.8, 4) is 0 Å². The average Bonchev–Trinajstić information content (AvgIpc) is 1.65. The SMILES string of the molecule is CC.CC.CC.CC.CC.CCC(C)(C)C(=O)OC(C)(C)C(=O)OC(C)(C)C12CC3CC(CC(C3)C1)C2.CCC(C)(C)C(=O)OC(C)C(=O)OC(C)(C)C12CC3CC(CC(C3)C1)C2.CCC(C)(C)C(=O)OCC(=O)OC(C)(C)C12CC3C4CC5CC3C(C1)C(C5)C4C2.CCC(C)(C)C(=O)OCC(=O)OC(C)(C)C1CC2CC1C1C3CCC(C3)C21.CCC(C)(C)C(=O)OCC(=O)OC(C)(C)C1CC2CCC1C2. The largest absolute Gasteiger partial charge is 0.457 e. The summed E-state index contributed by atoms with van der Waals surface area (Å²) in [4.78, 5) is 124. The first kappa shape index (κ1) is 121. The molecule has 0 heterocycles. The molecule has 0 aromatic rings. The van der Waals surface area contributed by atoms with Gasteiger partial charge in [-0.1, -0.05) is 110 Å². The third-order valence-electron chi connectivity index (χ3n) is 40.6. The van der Waals surface area contributed by atoms with Gasteiger partial charge >= 0.3 is 59.7 Å². The Morgan fingerprint density at radius 2 is 0.582 bits per heavy atom. The first-order chi connectivity index (χ1) is 65.6. The van der Waals surface area contributed by atoms with Crippen LogP contribution in [0.5, 0.6) is 0 Å². The zero-order valence-electron chi connectivity index (χ0n) is 96.8. The summed E-state index contributed by atoms with van der Waals surface area (Å²) in [5, 5.41) is 0. The monoisotopic (exact) mass is 1980 g/mol. The Morgan fingerprint density at radius 3 is 0.936 bits per heavy atom. The summed E-state index contributed by atoms with van der Waals surface area (Å²) in [5.41, 5.74) is -6.33. The topological polar surface area (TPSA) is 263 Å². The molecule has 0 aliphatic heterocycles. The highest BCUT2D eigenvalue weighted by Gasteiger charge is 2.72. The van der Waals surface area contributed by atoms with Crippen LogP contribution in [0.3, 0.4) is 0 Å². The van der Waals surface area contributed by atoms with Crippen molar-refractivity contribution in [3.63, 3.8) is 0 Å². The summed E-state index contributed by atoms with van der Waals surface area (Å²) in [6.07, 6.45) is 37.7. The summed E-state index contributed by atoms with van der Waals surface area (Å²) in [5.74, 6) is 15.2. The summed E-state index contributed by atoms with van der Waals surface area (Å²) < 4.78 is 56.4. The fourth-order valence-corrected chi connectivity index (χ4v) is 31.4. The van der Waals surface area contributed by atoms with Crippen molar-refractivity contribution in [1.82, 2.24) is 0 Å². The van der Waals surface area contributed by atoms with E-state index >= 15 is 0 Å². The van der Waals surface area contributed by atoms with Gasteiger partial charge < -0.3 is 47.4 Å². The molecule has 21 rings (SSSR count). The summed E-state index contributed by atoms with van der Waals surface area (Å²) in [6.45, 7) is 72.8. The van der Waals surface area contributed by atoms with E-state index in [0.29, 0.717) is 49.9 Å². The first-order valence-corrected chi connectivity index (χ1v) is 57.7. The zero-order chi connectivity index (χ0) is 106. The molecule has 0 N–H and O–H groups in total. The second-order valence-electron chi connectivity index (χ2n) is 52.9. The van der Waals surface area contributed by atoms with Crippen LogP contribution in [-0.2, 0) is 95.3 Å². The molecule has 21 aliphatic rings. The molecule has 0 amide bonds. The summed E-state index contributed by atoms with van der Waals surface area (Å²) >= 11 is 0. The van der Waals surface area contributed by atoms with E-state index in [4.69, 9.17) is 47.4 Å². The normalized spacial score (nSPS) is 33.9. The van der Waals surface area contributed by atoms with Crippen molar-refractivity contribution < 1.29 is 95.3 Å². The maximum atomic E-state index is 13.0. The molecule has 812 valence electrons. The van der Waals surface area contributed by atoms with Gasteiger partial charge in [0.2, 0.25) is 5.60 Å². The van der Waals surface area contributed by atoms with Crippen molar-refractivity contribution in [2.45, 2.75) is 508 Å². The fraction of sp³-hybridized carbons (Fsp3) is 0.917. The zero-order valence-corrected chi connectivity index (χ0v) is 96.8. The molecule has 0 aromatic heterocycles. The van der Waals surface area contributed by atoms with Crippen molar-refractivity contribution in [2.24, 2.45) is 179 Å².